The van der Waals surface area contributed by atoms with Crippen molar-refractivity contribution in [2.24, 2.45) is 4.99 Å². The van der Waals surface area contributed by atoms with E-state index in [4.69, 9.17) is 4.99 Å². The average Bonchev–Trinajstić information content (AvgIpc) is 3.22. The first kappa shape index (κ1) is 34.3. The highest BCUT2D eigenvalue weighted by molar-refractivity contribution is 14.1. The fourth-order valence-corrected chi connectivity index (χ4v) is 5.75. The minimum absolute atomic E-state index is 0.0129. The Morgan fingerprint density at radius 3 is 2.60 bits per heavy atom. The van der Waals surface area contributed by atoms with Gasteiger partial charge in [0.15, 0.2) is 5.78 Å². The van der Waals surface area contributed by atoms with Crippen molar-refractivity contribution in [1.82, 2.24) is 15.1 Å². The van der Waals surface area contributed by atoms with Gasteiger partial charge in [-0.25, -0.2) is 4.99 Å². The van der Waals surface area contributed by atoms with Crippen LogP contribution in [0.15, 0.2) is 68.7 Å². The smallest absolute Gasteiger partial charge is 0.227 e. The lowest BCUT2D eigenvalue weighted by molar-refractivity contribution is -0.131. The van der Waals surface area contributed by atoms with Gasteiger partial charge in [-0.2, -0.15) is 0 Å². The van der Waals surface area contributed by atoms with Crippen LogP contribution >= 0.6 is 34.4 Å². The first-order chi connectivity index (χ1) is 19.3. The molecule has 2 rings (SSSR count). The molecule has 1 aromatic carbocycles. The van der Waals surface area contributed by atoms with Crippen molar-refractivity contribution in [2.45, 2.75) is 78.0 Å². The van der Waals surface area contributed by atoms with E-state index in [0.717, 1.165) is 83.3 Å². The van der Waals surface area contributed by atoms with Crippen molar-refractivity contribution in [3.05, 3.63) is 64.4 Å². The number of hydrogen-bond acceptors (Lipinski definition) is 6. The Kier molecular flexibility index (Phi) is 16.5. The summed E-state index contributed by atoms with van der Waals surface area (Å²) >= 11 is 3.79. The van der Waals surface area contributed by atoms with Gasteiger partial charge in [0.05, 0.1) is 10.1 Å². The summed E-state index contributed by atoms with van der Waals surface area (Å²) in [5.74, 6) is 0.743. The number of carbonyl (C=O) groups excluding carboxylic acids is 2. The van der Waals surface area contributed by atoms with Crippen LogP contribution in [-0.4, -0.2) is 64.5 Å². The second kappa shape index (κ2) is 19.3. The molecule has 40 heavy (non-hydrogen) atoms. The van der Waals surface area contributed by atoms with Gasteiger partial charge in [0.25, 0.3) is 0 Å². The van der Waals surface area contributed by atoms with Crippen LogP contribution in [0, 0.1) is 6.92 Å². The molecule has 0 spiro atoms. The molecule has 1 aromatic rings. The van der Waals surface area contributed by atoms with Gasteiger partial charge in [-0.3, -0.25) is 9.59 Å². The Morgan fingerprint density at radius 1 is 1.12 bits per heavy atom. The van der Waals surface area contributed by atoms with Gasteiger partial charge in [-0.1, -0.05) is 62.2 Å². The summed E-state index contributed by atoms with van der Waals surface area (Å²) in [4.78, 5) is 37.8. The number of carbonyl (C=O) groups is 2. The minimum atomic E-state index is -0.128. The summed E-state index contributed by atoms with van der Waals surface area (Å²) in [7, 11) is 0. The number of nitrogens with zero attached hydrogens (tertiary/aromatic N) is 3. The quantitative estimate of drug-likeness (QED) is 0.0527. The van der Waals surface area contributed by atoms with Crippen molar-refractivity contribution in [3.8, 4) is 0 Å². The molecule has 1 fully saturated rings. The molecule has 0 aromatic heterocycles. The first-order valence-corrected chi connectivity index (χ1v) is 16.5. The molecule has 0 bridgehead atoms. The highest BCUT2D eigenvalue weighted by Gasteiger charge is 2.20. The molecule has 1 saturated heterocycles. The van der Waals surface area contributed by atoms with Crippen LogP contribution in [0.4, 0.5) is 0 Å². The van der Waals surface area contributed by atoms with Crippen molar-refractivity contribution < 1.29 is 9.59 Å². The number of rotatable bonds is 15. The number of amides is 1. The van der Waals surface area contributed by atoms with E-state index in [-0.39, 0.29) is 18.1 Å². The Morgan fingerprint density at radius 2 is 1.90 bits per heavy atom. The average molecular weight is 679 g/mol. The lowest BCUT2D eigenvalue weighted by atomic mass is 10.1. The zero-order valence-electron chi connectivity index (χ0n) is 25.0. The summed E-state index contributed by atoms with van der Waals surface area (Å²) in [6.07, 6.45) is 10.9. The Bertz CT molecular complexity index is 1080. The predicted octanol–water partition coefficient (Wildman–Crippen LogP) is 7.30. The van der Waals surface area contributed by atoms with Crippen LogP contribution in [-0.2, 0) is 9.59 Å². The minimum Gasteiger partial charge on any atom is -0.355 e. The van der Waals surface area contributed by atoms with Gasteiger partial charge in [-0.15, -0.1) is 0 Å². The molecule has 1 aliphatic rings. The van der Waals surface area contributed by atoms with Crippen LogP contribution in [0.1, 0.15) is 71.8 Å². The topological polar surface area (TPSA) is 65.0 Å². The number of ketones is 1. The molecule has 0 unspecified atom stereocenters. The van der Waals surface area contributed by atoms with Crippen molar-refractivity contribution in [3.63, 3.8) is 0 Å². The van der Waals surface area contributed by atoms with Crippen LogP contribution in [0.3, 0.4) is 0 Å². The highest BCUT2D eigenvalue weighted by atomic mass is 127. The van der Waals surface area contributed by atoms with Crippen LogP contribution in [0.25, 0.3) is 0 Å². The molecule has 220 valence electrons. The van der Waals surface area contributed by atoms with E-state index < -0.39 is 0 Å². The van der Waals surface area contributed by atoms with E-state index in [9.17, 15) is 9.59 Å². The molecular formula is C32H47IN4O2S. The lowest BCUT2D eigenvalue weighted by Crippen LogP contribution is -2.32. The number of thioether (sulfide) groups is 1. The maximum absolute atomic E-state index is 13.6. The molecular weight excluding hydrogens is 631 g/mol. The summed E-state index contributed by atoms with van der Waals surface area (Å²) in [6, 6.07) is 8.14. The predicted molar refractivity (Wildman–Crippen MR) is 179 cm³/mol. The Labute approximate surface area is 260 Å². The number of aryl methyl sites for hydroxylation is 1. The first-order valence-electron chi connectivity index (χ1n) is 14.6. The fraction of sp³-hybridized carbons (Fsp3) is 0.531. The molecule has 0 atom stereocenters. The Balaban J connectivity index is 2.32. The van der Waals surface area contributed by atoms with E-state index in [0.29, 0.717) is 12.1 Å². The van der Waals surface area contributed by atoms with E-state index in [1.165, 1.54) is 6.42 Å². The normalized spacial score (nSPS) is 15.7. The van der Waals surface area contributed by atoms with Crippen molar-refractivity contribution >= 4 is 49.8 Å². The number of halogens is 1. The second-order valence-corrected chi connectivity index (χ2v) is 12.9. The zero-order chi connectivity index (χ0) is 29.3. The maximum Gasteiger partial charge on any atom is 0.227 e. The van der Waals surface area contributed by atoms with Crippen LogP contribution in [0.2, 0.25) is 0 Å². The molecule has 1 heterocycles. The monoisotopic (exact) mass is 678 g/mol. The van der Waals surface area contributed by atoms with Gasteiger partial charge >= 0.3 is 0 Å². The molecule has 0 aliphatic carbocycles. The van der Waals surface area contributed by atoms with E-state index >= 15 is 0 Å². The van der Waals surface area contributed by atoms with Gasteiger partial charge in [0.2, 0.25) is 5.91 Å². The molecule has 1 N–H and O–H groups in total. The zero-order valence-corrected chi connectivity index (χ0v) is 27.9. The third-order valence-corrected chi connectivity index (χ3v) is 8.32. The van der Waals surface area contributed by atoms with Crippen molar-refractivity contribution in [2.75, 3.05) is 39.3 Å². The lowest BCUT2D eigenvalue weighted by Gasteiger charge is -2.22. The number of benzene rings is 1. The molecule has 1 amide bonds. The molecule has 6 nitrogen and oxygen atoms in total. The molecule has 0 radical (unpaired) electrons. The second-order valence-electron chi connectivity index (χ2n) is 10.1. The molecule has 1 aliphatic heterocycles. The number of nitrogens with one attached hydrogen (secondary N) is 1. The standard InChI is InChI=1S/C32H47IN4O2S/c1-6-8-9-12-21-36(7-2)32(39)24-28(26(4)40-30-17-11-10-15-25(30)3)29(38)16-13-18-31(35-27(5)33)37-22-14-19-34-20-23-37/h10-11,13,15-18,34H,6-9,12,14,19-24H2,1-5H3/b16-13+,28-26+,31-18+,35-27-. The number of hydrogen-bond donors (Lipinski definition) is 1. The fourth-order valence-electron chi connectivity index (χ4n) is 4.50. The van der Waals surface area contributed by atoms with E-state index in [1.807, 2.05) is 43.9 Å². The third kappa shape index (κ3) is 12.3. The van der Waals surface area contributed by atoms with E-state index in [2.05, 4.69) is 58.8 Å². The summed E-state index contributed by atoms with van der Waals surface area (Å²) < 4.78 is 0.941. The SMILES string of the molecule is CCCCCCN(CC)C(=O)C/C(C(=O)/C=C/C=C(\N=C(\C)I)N1CCCNCC1)=C(/C)Sc1ccccc1C. The third-order valence-electron chi connectivity index (χ3n) is 6.85. The summed E-state index contributed by atoms with van der Waals surface area (Å²) in [5.41, 5.74) is 1.71. The van der Waals surface area contributed by atoms with Crippen LogP contribution < -0.4 is 5.32 Å². The van der Waals surface area contributed by atoms with Gasteiger partial charge in [0.1, 0.15) is 5.82 Å². The Hall–Kier alpha value is -1.91. The highest BCUT2D eigenvalue weighted by Crippen LogP contribution is 2.32. The van der Waals surface area contributed by atoms with E-state index in [1.54, 1.807) is 23.9 Å². The summed E-state index contributed by atoms with van der Waals surface area (Å²) in [6.45, 7) is 15.3. The van der Waals surface area contributed by atoms with Crippen molar-refractivity contribution in [1.29, 1.82) is 0 Å². The van der Waals surface area contributed by atoms with Crippen LogP contribution in [0.5, 0.6) is 0 Å². The maximum atomic E-state index is 13.6. The molecule has 0 saturated carbocycles. The number of unbranched alkanes of at least 4 members (excludes halogenated alkanes) is 3. The van der Waals surface area contributed by atoms with Gasteiger partial charge < -0.3 is 15.1 Å². The number of aliphatic imine (C=N–C) groups is 1. The van der Waals surface area contributed by atoms with Gasteiger partial charge in [0, 0.05) is 43.2 Å². The number of allylic oxidation sites excluding steroid dienone is 4. The van der Waals surface area contributed by atoms with Gasteiger partial charge in [-0.05, 0) is 98.4 Å². The molecule has 8 heteroatoms. The summed E-state index contributed by atoms with van der Waals surface area (Å²) in [5, 5.41) is 3.43. The largest absolute Gasteiger partial charge is 0.355 e.